The molecule has 0 radical (unpaired) electrons. The minimum Gasteiger partial charge on any atom is -0.242 e. The molecule has 2 aromatic rings. The van der Waals surface area contributed by atoms with Crippen molar-refractivity contribution < 1.29 is 0 Å². The van der Waals surface area contributed by atoms with Gasteiger partial charge in [0.25, 0.3) is 0 Å². The van der Waals surface area contributed by atoms with Crippen LogP contribution in [0.1, 0.15) is 5.69 Å². The first-order valence-electron chi connectivity index (χ1n) is 3.67. The number of nitrogens with one attached hydrogen (secondary N) is 1. The van der Waals surface area contributed by atoms with Crippen molar-refractivity contribution in [3.8, 4) is 0 Å². The van der Waals surface area contributed by atoms with Crippen LogP contribution in [0.15, 0.2) is 28.6 Å². The van der Waals surface area contributed by atoms with E-state index in [1.54, 1.807) is 6.20 Å². The first kappa shape index (κ1) is 8.18. The molecule has 0 unspecified atom stereocenters. The van der Waals surface area contributed by atoms with Gasteiger partial charge in [0, 0.05) is 5.69 Å². The molecule has 0 spiro atoms. The molecule has 0 aliphatic heterocycles. The van der Waals surface area contributed by atoms with Crippen LogP contribution in [0, 0.1) is 6.92 Å². The van der Waals surface area contributed by atoms with E-state index >= 15 is 0 Å². The lowest BCUT2D eigenvalue weighted by molar-refractivity contribution is 0.909. The van der Waals surface area contributed by atoms with Crippen LogP contribution in [0.3, 0.4) is 0 Å². The number of H-pyrrole nitrogens is 1. The summed E-state index contributed by atoms with van der Waals surface area (Å²) in [7, 11) is 0. The Hall–Kier alpha value is -1.43. The number of aromatic nitrogens is 5. The third-order valence-electron chi connectivity index (χ3n) is 1.38. The summed E-state index contributed by atoms with van der Waals surface area (Å²) in [6.45, 7) is 1.93. The summed E-state index contributed by atoms with van der Waals surface area (Å²) in [5, 5.41) is 11.8. The van der Waals surface area contributed by atoms with E-state index < -0.39 is 0 Å². The second kappa shape index (κ2) is 3.53. The van der Waals surface area contributed by atoms with Gasteiger partial charge in [0.2, 0.25) is 0 Å². The Morgan fingerprint density at radius 1 is 1.31 bits per heavy atom. The van der Waals surface area contributed by atoms with E-state index in [-0.39, 0.29) is 0 Å². The van der Waals surface area contributed by atoms with Gasteiger partial charge in [0.1, 0.15) is 16.4 Å². The van der Waals surface area contributed by atoms with E-state index in [4.69, 9.17) is 0 Å². The highest BCUT2D eigenvalue weighted by molar-refractivity contribution is 7.99. The molecule has 66 valence electrons. The maximum absolute atomic E-state index is 4.08. The van der Waals surface area contributed by atoms with Gasteiger partial charge in [-0.3, -0.25) is 0 Å². The Balaban J connectivity index is 2.19. The Morgan fingerprint density at radius 3 is 2.92 bits per heavy atom. The molecule has 13 heavy (non-hydrogen) atoms. The Kier molecular flexibility index (Phi) is 2.22. The fourth-order valence-electron chi connectivity index (χ4n) is 0.833. The standard InChI is InChI=1S/C7H7N5S/c1-5-2-6(9-4-8-5)13-7-3-10-12-11-7/h2-4H,1H3,(H,10,11,12). The molecule has 0 aromatic carbocycles. The smallest absolute Gasteiger partial charge is 0.144 e. The predicted molar refractivity (Wildman–Crippen MR) is 47.3 cm³/mol. The van der Waals surface area contributed by atoms with E-state index in [0.29, 0.717) is 0 Å². The lowest BCUT2D eigenvalue weighted by Crippen LogP contribution is -1.85. The number of nitrogens with zero attached hydrogens (tertiary/aromatic N) is 4. The number of rotatable bonds is 2. The van der Waals surface area contributed by atoms with Crippen molar-refractivity contribution in [3.05, 3.63) is 24.3 Å². The molecule has 0 saturated heterocycles. The molecule has 1 N–H and O–H groups in total. The maximum Gasteiger partial charge on any atom is 0.144 e. The van der Waals surface area contributed by atoms with Gasteiger partial charge in [-0.25, -0.2) is 9.97 Å². The average molecular weight is 193 g/mol. The highest BCUT2D eigenvalue weighted by Gasteiger charge is 2.00. The van der Waals surface area contributed by atoms with Crippen LogP contribution in [0.2, 0.25) is 0 Å². The Bertz CT molecular complexity index is 386. The van der Waals surface area contributed by atoms with Gasteiger partial charge in [-0.05, 0) is 24.8 Å². The zero-order chi connectivity index (χ0) is 9.10. The molecule has 0 aliphatic rings. The van der Waals surface area contributed by atoms with Crippen molar-refractivity contribution in [1.82, 2.24) is 25.4 Å². The number of aromatic amines is 1. The minimum absolute atomic E-state index is 0.804. The third-order valence-corrected chi connectivity index (χ3v) is 2.22. The number of hydrogen-bond donors (Lipinski definition) is 1. The summed E-state index contributed by atoms with van der Waals surface area (Å²) >= 11 is 1.45. The zero-order valence-electron chi connectivity index (χ0n) is 6.93. The number of hydrogen-bond acceptors (Lipinski definition) is 5. The van der Waals surface area contributed by atoms with Gasteiger partial charge in [0.05, 0.1) is 6.20 Å². The van der Waals surface area contributed by atoms with Crippen LogP contribution in [-0.4, -0.2) is 25.4 Å². The normalized spacial score (nSPS) is 10.2. The lowest BCUT2D eigenvalue weighted by Gasteiger charge is -1.95. The molecular formula is C7H7N5S. The first-order valence-corrected chi connectivity index (χ1v) is 4.48. The van der Waals surface area contributed by atoms with Crippen LogP contribution in [0.4, 0.5) is 0 Å². The molecule has 2 heterocycles. The largest absolute Gasteiger partial charge is 0.242 e. The zero-order valence-corrected chi connectivity index (χ0v) is 7.75. The molecule has 0 bridgehead atoms. The van der Waals surface area contributed by atoms with E-state index in [1.807, 2.05) is 13.0 Å². The molecule has 5 nitrogen and oxygen atoms in total. The number of aryl methyl sites for hydroxylation is 1. The molecule has 6 heteroatoms. The van der Waals surface area contributed by atoms with Crippen molar-refractivity contribution in [1.29, 1.82) is 0 Å². The van der Waals surface area contributed by atoms with Crippen LogP contribution in [0.25, 0.3) is 0 Å². The summed E-state index contributed by atoms with van der Waals surface area (Å²) in [6.07, 6.45) is 3.19. The fourth-order valence-corrected chi connectivity index (χ4v) is 1.57. The van der Waals surface area contributed by atoms with Crippen molar-refractivity contribution in [2.75, 3.05) is 0 Å². The van der Waals surface area contributed by atoms with Gasteiger partial charge >= 0.3 is 0 Å². The third kappa shape index (κ3) is 2.03. The minimum atomic E-state index is 0.804. The lowest BCUT2D eigenvalue weighted by atomic mass is 10.5. The van der Waals surface area contributed by atoms with Crippen molar-refractivity contribution in [3.63, 3.8) is 0 Å². The van der Waals surface area contributed by atoms with Crippen LogP contribution in [0.5, 0.6) is 0 Å². The topological polar surface area (TPSA) is 67.3 Å². The van der Waals surface area contributed by atoms with Crippen LogP contribution >= 0.6 is 11.8 Å². The van der Waals surface area contributed by atoms with E-state index in [0.717, 1.165) is 15.7 Å². The average Bonchev–Trinajstić information content (AvgIpc) is 2.57. The van der Waals surface area contributed by atoms with Crippen molar-refractivity contribution in [2.24, 2.45) is 0 Å². The molecule has 2 aromatic heterocycles. The molecule has 0 saturated carbocycles. The predicted octanol–water partition coefficient (Wildman–Crippen LogP) is 1.05. The molecule has 0 amide bonds. The van der Waals surface area contributed by atoms with E-state index in [9.17, 15) is 0 Å². The Labute approximate surface area is 79.0 Å². The highest BCUT2D eigenvalue weighted by atomic mass is 32.2. The summed E-state index contributed by atoms with van der Waals surface area (Å²) in [4.78, 5) is 8.09. The summed E-state index contributed by atoms with van der Waals surface area (Å²) < 4.78 is 0. The van der Waals surface area contributed by atoms with Gasteiger partial charge in [-0.1, -0.05) is 0 Å². The molecule has 0 atom stereocenters. The van der Waals surface area contributed by atoms with Gasteiger partial charge in [-0.2, -0.15) is 10.3 Å². The summed E-state index contributed by atoms with van der Waals surface area (Å²) in [6, 6.07) is 1.90. The summed E-state index contributed by atoms with van der Waals surface area (Å²) in [5.74, 6) is 0. The quantitative estimate of drug-likeness (QED) is 0.722. The van der Waals surface area contributed by atoms with Crippen LogP contribution < -0.4 is 0 Å². The second-order valence-electron chi connectivity index (χ2n) is 2.41. The van der Waals surface area contributed by atoms with E-state index in [2.05, 4.69) is 25.4 Å². The molecule has 2 rings (SSSR count). The molecular weight excluding hydrogens is 186 g/mol. The maximum atomic E-state index is 4.08. The second-order valence-corrected chi connectivity index (χ2v) is 3.45. The Morgan fingerprint density at radius 2 is 2.23 bits per heavy atom. The van der Waals surface area contributed by atoms with E-state index in [1.165, 1.54) is 18.1 Å². The van der Waals surface area contributed by atoms with Gasteiger partial charge < -0.3 is 0 Å². The monoisotopic (exact) mass is 193 g/mol. The van der Waals surface area contributed by atoms with Crippen LogP contribution in [-0.2, 0) is 0 Å². The summed E-state index contributed by atoms with van der Waals surface area (Å²) in [5.41, 5.74) is 0.945. The fraction of sp³-hybridized carbons (Fsp3) is 0.143. The van der Waals surface area contributed by atoms with Crippen molar-refractivity contribution >= 4 is 11.8 Å². The highest BCUT2D eigenvalue weighted by Crippen LogP contribution is 2.22. The molecule has 0 fully saturated rings. The SMILES string of the molecule is Cc1cc(Sc2cn[nH]n2)ncn1. The van der Waals surface area contributed by atoms with Crippen molar-refractivity contribution in [2.45, 2.75) is 17.0 Å². The van der Waals surface area contributed by atoms with Gasteiger partial charge in [-0.15, -0.1) is 5.10 Å². The van der Waals surface area contributed by atoms with Gasteiger partial charge in [0.15, 0.2) is 0 Å². The first-order chi connectivity index (χ1) is 6.34. The molecule has 0 aliphatic carbocycles.